The van der Waals surface area contributed by atoms with Gasteiger partial charge in [-0.05, 0) is 37.3 Å². The number of rotatable bonds is 5. The number of hydrogen-bond acceptors (Lipinski definition) is 5. The molecule has 0 amide bonds. The lowest BCUT2D eigenvalue weighted by Gasteiger charge is -2.26. The molecule has 0 aliphatic carbocycles. The molecule has 0 aromatic carbocycles. The van der Waals surface area contributed by atoms with Gasteiger partial charge in [0.15, 0.2) is 0 Å². The fourth-order valence-electron chi connectivity index (χ4n) is 1.86. The van der Waals surface area contributed by atoms with Crippen LogP contribution in [0.25, 0.3) is 0 Å². The van der Waals surface area contributed by atoms with Gasteiger partial charge in [-0.1, -0.05) is 6.08 Å². The highest BCUT2D eigenvalue weighted by atomic mass is 35.5. The van der Waals surface area contributed by atoms with E-state index < -0.39 is 0 Å². The van der Waals surface area contributed by atoms with Crippen LogP contribution in [0.1, 0.15) is 25.7 Å². The molecular formula is C12H17ClN4O. The topological polar surface area (TPSA) is 51.1 Å². The highest BCUT2D eigenvalue weighted by Crippen LogP contribution is 2.19. The number of hydrogen-bond donors (Lipinski definition) is 0. The van der Waals surface area contributed by atoms with E-state index in [2.05, 4.69) is 26.4 Å². The predicted octanol–water partition coefficient (Wildman–Crippen LogP) is 2.47. The average Bonchev–Trinajstić information content (AvgIpc) is 2.39. The summed E-state index contributed by atoms with van der Waals surface area (Å²) in [7, 11) is 0. The van der Waals surface area contributed by atoms with E-state index in [-0.39, 0.29) is 11.3 Å². The molecule has 2 rings (SSSR count). The quantitative estimate of drug-likeness (QED) is 0.607. The van der Waals surface area contributed by atoms with Gasteiger partial charge >= 0.3 is 6.01 Å². The summed E-state index contributed by atoms with van der Waals surface area (Å²) < 4.78 is 5.41. The number of piperidine rings is 1. The smallest absolute Gasteiger partial charge is 0.322 e. The van der Waals surface area contributed by atoms with Gasteiger partial charge in [-0.2, -0.15) is 15.0 Å². The van der Waals surface area contributed by atoms with Crippen molar-refractivity contribution in [1.82, 2.24) is 15.0 Å². The van der Waals surface area contributed by atoms with Crippen LogP contribution in [0.2, 0.25) is 5.28 Å². The summed E-state index contributed by atoms with van der Waals surface area (Å²) in [4.78, 5) is 14.5. The fraction of sp³-hybridized carbons (Fsp3) is 0.583. The Morgan fingerprint density at radius 2 is 2.00 bits per heavy atom. The van der Waals surface area contributed by atoms with Crippen molar-refractivity contribution in [3.8, 4) is 6.01 Å². The highest BCUT2D eigenvalue weighted by Gasteiger charge is 2.16. The lowest BCUT2D eigenvalue weighted by atomic mass is 10.1. The second-order valence-electron chi connectivity index (χ2n) is 4.16. The molecular weight excluding hydrogens is 252 g/mol. The molecule has 0 N–H and O–H groups in total. The number of halogens is 1. The van der Waals surface area contributed by atoms with Gasteiger partial charge in [-0.3, -0.25) is 0 Å². The first-order valence-corrected chi connectivity index (χ1v) is 6.57. The fourth-order valence-corrected chi connectivity index (χ4v) is 2.00. The minimum atomic E-state index is 0.180. The minimum Gasteiger partial charge on any atom is -0.463 e. The van der Waals surface area contributed by atoms with E-state index in [1.165, 1.54) is 6.42 Å². The average molecular weight is 269 g/mol. The molecule has 6 heteroatoms. The van der Waals surface area contributed by atoms with Crippen LogP contribution in [-0.4, -0.2) is 34.6 Å². The maximum Gasteiger partial charge on any atom is 0.322 e. The van der Waals surface area contributed by atoms with E-state index in [0.717, 1.165) is 32.4 Å². The molecule has 1 fully saturated rings. The van der Waals surface area contributed by atoms with Crippen molar-refractivity contribution in [2.75, 3.05) is 24.6 Å². The molecule has 98 valence electrons. The zero-order valence-corrected chi connectivity index (χ0v) is 11.1. The summed E-state index contributed by atoms with van der Waals surface area (Å²) >= 11 is 5.89. The second-order valence-corrected chi connectivity index (χ2v) is 4.50. The molecule has 1 saturated heterocycles. The number of ether oxygens (including phenoxy) is 1. The monoisotopic (exact) mass is 268 g/mol. The molecule has 5 nitrogen and oxygen atoms in total. The summed E-state index contributed by atoms with van der Waals surface area (Å²) in [5.41, 5.74) is 0. The molecule has 18 heavy (non-hydrogen) atoms. The Hall–Kier alpha value is -1.36. The molecule has 1 aromatic heterocycles. The van der Waals surface area contributed by atoms with E-state index in [9.17, 15) is 0 Å². The summed E-state index contributed by atoms with van der Waals surface area (Å²) in [5.74, 6) is 0.614. The molecule has 0 bridgehead atoms. The summed E-state index contributed by atoms with van der Waals surface area (Å²) in [6, 6.07) is 0.289. The molecule has 0 unspecified atom stereocenters. The Balaban J connectivity index is 2.07. The van der Waals surface area contributed by atoms with Gasteiger partial charge in [-0.25, -0.2) is 0 Å². The Morgan fingerprint density at radius 1 is 1.22 bits per heavy atom. The Kier molecular flexibility index (Phi) is 4.75. The third-order valence-electron chi connectivity index (χ3n) is 2.77. The van der Waals surface area contributed by atoms with Gasteiger partial charge in [0.2, 0.25) is 11.2 Å². The zero-order valence-electron chi connectivity index (χ0n) is 10.3. The van der Waals surface area contributed by atoms with E-state index in [1.54, 1.807) is 6.08 Å². The van der Waals surface area contributed by atoms with Crippen molar-refractivity contribution in [3.63, 3.8) is 0 Å². The third kappa shape index (κ3) is 3.57. The lowest BCUT2D eigenvalue weighted by molar-refractivity contribution is 0.297. The predicted molar refractivity (Wildman–Crippen MR) is 71.2 cm³/mol. The maximum atomic E-state index is 5.89. The van der Waals surface area contributed by atoms with Crippen LogP contribution in [0.3, 0.4) is 0 Å². The number of nitrogens with zero attached hydrogens (tertiary/aromatic N) is 4. The van der Waals surface area contributed by atoms with Crippen molar-refractivity contribution in [2.45, 2.75) is 25.7 Å². The van der Waals surface area contributed by atoms with Crippen molar-refractivity contribution < 1.29 is 4.74 Å². The Bertz CT molecular complexity index is 407. The van der Waals surface area contributed by atoms with Crippen LogP contribution >= 0.6 is 11.6 Å². The minimum absolute atomic E-state index is 0.180. The van der Waals surface area contributed by atoms with E-state index in [0.29, 0.717) is 12.6 Å². The Morgan fingerprint density at radius 3 is 2.72 bits per heavy atom. The van der Waals surface area contributed by atoms with Crippen molar-refractivity contribution >= 4 is 17.5 Å². The van der Waals surface area contributed by atoms with Crippen LogP contribution in [-0.2, 0) is 0 Å². The summed E-state index contributed by atoms with van der Waals surface area (Å²) in [6.07, 6.45) is 6.13. The normalized spacial score (nSPS) is 15.5. The highest BCUT2D eigenvalue weighted by molar-refractivity contribution is 6.28. The molecule has 0 spiro atoms. The van der Waals surface area contributed by atoms with Gasteiger partial charge in [0, 0.05) is 13.1 Å². The summed E-state index contributed by atoms with van der Waals surface area (Å²) in [5, 5.41) is 0.180. The van der Waals surface area contributed by atoms with Crippen LogP contribution in [0.4, 0.5) is 5.95 Å². The molecule has 2 heterocycles. The number of anilines is 1. The third-order valence-corrected chi connectivity index (χ3v) is 2.94. The largest absolute Gasteiger partial charge is 0.463 e. The van der Waals surface area contributed by atoms with Gasteiger partial charge in [0.1, 0.15) is 0 Å². The first-order chi connectivity index (χ1) is 8.79. The first kappa shape index (κ1) is 13.1. The molecule has 1 aliphatic rings. The Labute approximate surface area is 112 Å². The van der Waals surface area contributed by atoms with Gasteiger partial charge < -0.3 is 9.64 Å². The van der Waals surface area contributed by atoms with Gasteiger partial charge in [0.05, 0.1) is 6.61 Å². The van der Waals surface area contributed by atoms with Crippen LogP contribution in [0, 0.1) is 0 Å². The van der Waals surface area contributed by atoms with Crippen LogP contribution < -0.4 is 9.64 Å². The van der Waals surface area contributed by atoms with Crippen molar-refractivity contribution in [2.24, 2.45) is 0 Å². The zero-order chi connectivity index (χ0) is 12.8. The molecule has 0 saturated carbocycles. The summed E-state index contributed by atoms with van der Waals surface area (Å²) in [6.45, 7) is 6.07. The van der Waals surface area contributed by atoms with Crippen LogP contribution in [0.15, 0.2) is 12.7 Å². The van der Waals surface area contributed by atoms with E-state index in [4.69, 9.17) is 16.3 Å². The SMILES string of the molecule is C=CCCOc1nc(Cl)nc(N2CCCCC2)n1. The van der Waals surface area contributed by atoms with Crippen LogP contribution in [0.5, 0.6) is 6.01 Å². The maximum absolute atomic E-state index is 5.89. The van der Waals surface area contributed by atoms with Crippen molar-refractivity contribution in [3.05, 3.63) is 17.9 Å². The standard InChI is InChI=1S/C12H17ClN4O/c1-2-3-9-18-12-15-10(13)14-11(16-12)17-7-5-4-6-8-17/h2H,1,3-9H2. The first-order valence-electron chi connectivity index (χ1n) is 6.20. The second kappa shape index (κ2) is 6.54. The molecule has 0 radical (unpaired) electrons. The van der Waals surface area contributed by atoms with Crippen molar-refractivity contribution in [1.29, 1.82) is 0 Å². The lowest BCUT2D eigenvalue weighted by Crippen LogP contribution is -2.31. The van der Waals surface area contributed by atoms with E-state index in [1.807, 2.05) is 0 Å². The molecule has 0 atom stereocenters. The molecule has 1 aliphatic heterocycles. The van der Waals surface area contributed by atoms with E-state index >= 15 is 0 Å². The molecule has 1 aromatic rings. The van der Waals surface area contributed by atoms with Gasteiger partial charge in [-0.15, -0.1) is 6.58 Å². The van der Waals surface area contributed by atoms with Gasteiger partial charge in [0.25, 0.3) is 0 Å². The number of aromatic nitrogens is 3.